The van der Waals surface area contributed by atoms with Crippen molar-refractivity contribution < 1.29 is 12.8 Å². The van der Waals surface area contributed by atoms with Crippen molar-refractivity contribution in [2.24, 2.45) is 0 Å². The summed E-state index contributed by atoms with van der Waals surface area (Å²) in [7, 11) is -3.90. The predicted molar refractivity (Wildman–Crippen MR) is 71.5 cm³/mol. The minimum absolute atomic E-state index is 0.0132. The zero-order valence-corrected chi connectivity index (χ0v) is 11.6. The van der Waals surface area contributed by atoms with E-state index in [0.29, 0.717) is 0 Å². The fraction of sp³-hybridized carbons (Fsp3) is 0. The second-order valence-electron chi connectivity index (χ2n) is 3.52. The summed E-state index contributed by atoms with van der Waals surface area (Å²) in [6, 6.07) is 6.08. The summed E-state index contributed by atoms with van der Waals surface area (Å²) in [4.78, 5) is 3.57. The maximum Gasteiger partial charge on any atom is 0.262 e. The lowest BCUT2D eigenvalue weighted by Gasteiger charge is -2.09. The van der Waals surface area contributed by atoms with Crippen LogP contribution < -0.4 is 4.72 Å². The molecule has 0 aliphatic heterocycles. The van der Waals surface area contributed by atoms with E-state index in [1.807, 2.05) is 0 Å². The number of benzene rings is 1. The highest BCUT2D eigenvalue weighted by Crippen LogP contribution is 2.24. The third kappa shape index (κ3) is 3.15. The topological polar surface area (TPSA) is 59.1 Å². The molecule has 1 aromatic carbocycles. The highest BCUT2D eigenvalue weighted by atomic mass is 35.5. The van der Waals surface area contributed by atoms with E-state index in [2.05, 4.69) is 9.71 Å². The van der Waals surface area contributed by atoms with Gasteiger partial charge in [0.15, 0.2) is 5.15 Å². The van der Waals surface area contributed by atoms with Crippen LogP contribution in [0.2, 0.25) is 10.2 Å². The number of pyridine rings is 1. The molecule has 0 aliphatic rings. The minimum atomic E-state index is -3.90. The summed E-state index contributed by atoms with van der Waals surface area (Å²) in [6.45, 7) is 0. The van der Waals surface area contributed by atoms with Crippen molar-refractivity contribution in [3.05, 3.63) is 52.5 Å². The van der Waals surface area contributed by atoms with Crippen molar-refractivity contribution in [2.75, 3.05) is 4.72 Å². The molecule has 4 nitrogen and oxygen atoms in total. The molecule has 19 heavy (non-hydrogen) atoms. The Morgan fingerprint density at radius 3 is 2.58 bits per heavy atom. The molecule has 0 unspecified atom stereocenters. The molecule has 1 aromatic heterocycles. The van der Waals surface area contributed by atoms with Crippen LogP contribution in [-0.4, -0.2) is 13.4 Å². The standard InChI is InChI=1S/C11H7Cl2FN2O2S/c12-8-6-7(3-4-9(8)14)19(17,18)16-10-2-1-5-15-11(10)13/h1-6,16H. The molecule has 0 bridgehead atoms. The van der Waals surface area contributed by atoms with E-state index in [-0.39, 0.29) is 20.8 Å². The molecular formula is C11H7Cl2FN2O2S. The third-order valence-corrected chi connectivity index (χ3v) is 4.16. The van der Waals surface area contributed by atoms with E-state index < -0.39 is 15.8 Å². The smallest absolute Gasteiger partial charge is 0.262 e. The molecule has 0 amide bonds. The van der Waals surface area contributed by atoms with Crippen molar-refractivity contribution >= 4 is 38.9 Å². The van der Waals surface area contributed by atoms with Gasteiger partial charge in [-0.1, -0.05) is 23.2 Å². The fourth-order valence-corrected chi connectivity index (χ4v) is 2.87. The Morgan fingerprint density at radius 1 is 1.21 bits per heavy atom. The van der Waals surface area contributed by atoms with Gasteiger partial charge in [0.25, 0.3) is 10.0 Å². The van der Waals surface area contributed by atoms with Crippen molar-refractivity contribution in [2.45, 2.75) is 4.90 Å². The average Bonchev–Trinajstić information content (AvgIpc) is 2.35. The first-order chi connectivity index (χ1) is 8.90. The molecule has 0 spiro atoms. The van der Waals surface area contributed by atoms with E-state index >= 15 is 0 Å². The predicted octanol–water partition coefficient (Wildman–Crippen LogP) is 3.33. The van der Waals surface area contributed by atoms with Crippen LogP contribution in [0, 0.1) is 5.82 Å². The van der Waals surface area contributed by atoms with E-state index in [1.165, 1.54) is 18.3 Å². The number of halogens is 3. The van der Waals surface area contributed by atoms with Crippen LogP contribution >= 0.6 is 23.2 Å². The largest absolute Gasteiger partial charge is 0.276 e. The lowest BCUT2D eigenvalue weighted by molar-refractivity contribution is 0.599. The molecule has 0 fully saturated rings. The summed E-state index contributed by atoms with van der Waals surface area (Å²) in [5.41, 5.74) is 0.129. The van der Waals surface area contributed by atoms with E-state index in [0.717, 1.165) is 18.2 Å². The summed E-state index contributed by atoms with van der Waals surface area (Å²) >= 11 is 11.3. The second kappa shape index (κ2) is 5.32. The van der Waals surface area contributed by atoms with Gasteiger partial charge in [0, 0.05) is 6.20 Å². The Bertz CT molecular complexity index is 722. The van der Waals surface area contributed by atoms with Gasteiger partial charge < -0.3 is 0 Å². The van der Waals surface area contributed by atoms with Gasteiger partial charge in [0.05, 0.1) is 15.6 Å². The molecule has 1 heterocycles. The Kier molecular flexibility index (Phi) is 3.93. The number of sulfonamides is 1. The van der Waals surface area contributed by atoms with Gasteiger partial charge in [-0.2, -0.15) is 0 Å². The molecule has 8 heteroatoms. The Morgan fingerprint density at radius 2 is 1.95 bits per heavy atom. The van der Waals surface area contributed by atoms with Gasteiger partial charge in [0.2, 0.25) is 0 Å². The molecule has 0 atom stereocenters. The van der Waals surface area contributed by atoms with Crippen LogP contribution in [0.4, 0.5) is 10.1 Å². The number of nitrogens with zero attached hydrogens (tertiary/aromatic N) is 1. The minimum Gasteiger partial charge on any atom is -0.276 e. The molecule has 100 valence electrons. The van der Waals surface area contributed by atoms with E-state index in [4.69, 9.17) is 23.2 Å². The monoisotopic (exact) mass is 320 g/mol. The molecule has 0 saturated carbocycles. The zero-order valence-electron chi connectivity index (χ0n) is 9.27. The van der Waals surface area contributed by atoms with Crippen LogP contribution in [0.1, 0.15) is 0 Å². The molecule has 2 rings (SSSR count). The first kappa shape index (κ1) is 14.0. The Balaban J connectivity index is 2.38. The number of rotatable bonds is 3. The quantitative estimate of drug-likeness (QED) is 0.882. The van der Waals surface area contributed by atoms with Crippen LogP contribution in [-0.2, 0) is 10.0 Å². The second-order valence-corrected chi connectivity index (χ2v) is 5.97. The van der Waals surface area contributed by atoms with Gasteiger partial charge in [-0.05, 0) is 30.3 Å². The number of aromatic nitrogens is 1. The average molecular weight is 321 g/mol. The van der Waals surface area contributed by atoms with Crippen LogP contribution in [0.25, 0.3) is 0 Å². The van der Waals surface area contributed by atoms with Crippen molar-refractivity contribution in [3.63, 3.8) is 0 Å². The normalized spacial score (nSPS) is 11.3. The van der Waals surface area contributed by atoms with Gasteiger partial charge in [-0.25, -0.2) is 17.8 Å². The molecule has 0 saturated heterocycles. The van der Waals surface area contributed by atoms with Crippen molar-refractivity contribution in [3.8, 4) is 0 Å². The Labute approximate surface area is 119 Å². The van der Waals surface area contributed by atoms with Gasteiger partial charge >= 0.3 is 0 Å². The SMILES string of the molecule is O=S(=O)(Nc1cccnc1Cl)c1ccc(F)c(Cl)c1. The number of hydrogen-bond donors (Lipinski definition) is 1. The summed E-state index contributed by atoms with van der Waals surface area (Å²) < 4.78 is 39.3. The number of hydrogen-bond acceptors (Lipinski definition) is 3. The fourth-order valence-electron chi connectivity index (χ4n) is 1.31. The van der Waals surface area contributed by atoms with Gasteiger partial charge in [-0.15, -0.1) is 0 Å². The van der Waals surface area contributed by atoms with Crippen LogP contribution in [0.5, 0.6) is 0 Å². The summed E-state index contributed by atoms with van der Waals surface area (Å²) in [5, 5.41) is -0.264. The maximum absolute atomic E-state index is 13.0. The Hall–Kier alpha value is -1.37. The zero-order chi connectivity index (χ0) is 14.0. The molecule has 1 N–H and O–H groups in total. The van der Waals surface area contributed by atoms with Crippen LogP contribution in [0.15, 0.2) is 41.4 Å². The summed E-state index contributed by atoms with van der Waals surface area (Å²) in [5.74, 6) is -0.694. The van der Waals surface area contributed by atoms with E-state index in [1.54, 1.807) is 0 Å². The van der Waals surface area contributed by atoms with Gasteiger partial charge in [0.1, 0.15) is 5.82 Å². The van der Waals surface area contributed by atoms with Gasteiger partial charge in [-0.3, -0.25) is 4.72 Å². The van der Waals surface area contributed by atoms with Crippen molar-refractivity contribution in [1.29, 1.82) is 0 Å². The number of anilines is 1. The molecule has 0 aliphatic carbocycles. The highest BCUT2D eigenvalue weighted by Gasteiger charge is 2.17. The number of nitrogens with one attached hydrogen (secondary N) is 1. The summed E-state index contributed by atoms with van der Waals surface area (Å²) in [6.07, 6.45) is 1.43. The molecule has 2 aromatic rings. The first-order valence-corrected chi connectivity index (χ1v) is 7.22. The lowest BCUT2D eigenvalue weighted by atomic mass is 10.3. The molecular weight excluding hydrogens is 314 g/mol. The lowest BCUT2D eigenvalue weighted by Crippen LogP contribution is -2.13. The van der Waals surface area contributed by atoms with E-state index in [9.17, 15) is 12.8 Å². The highest BCUT2D eigenvalue weighted by molar-refractivity contribution is 7.92. The first-order valence-electron chi connectivity index (χ1n) is 4.98. The molecule has 0 radical (unpaired) electrons. The van der Waals surface area contributed by atoms with Crippen LogP contribution in [0.3, 0.4) is 0 Å². The maximum atomic E-state index is 13.0. The third-order valence-electron chi connectivity index (χ3n) is 2.20. The van der Waals surface area contributed by atoms with Crippen molar-refractivity contribution in [1.82, 2.24) is 4.98 Å².